The van der Waals surface area contributed by atoms with Crippen molar-refractivity contribution in [3.05, 3.63) is 42.7 Å². The molecule has 3 rings (SSSR count). The number of benzene rings is 2. The van der Waals surface area contributed by atoms with Crippen molar-refractivity contribution in [1.82, 2.24) is 9.97 Å². The highest BCUT2D eigenvalue weighted by atomic mass is 16.5. The van der Waals surface area contributed by atoms with Crippen LogP contribution in [0.3, 0.4) is 0 Å². The van der Waals surface area contributed by atoms with Crippen LogP contribution in [0.5, 0.6) is 17.2 Å². The van der Waals surface area contributed by atoms with Gasteiger partial charge in [-0.2, -0.15) is 0 Å². The van der Waals surface area contributed by atoms with Crippen LogP contribution in [0, 0.1) is 0 Å². The molecule has 0 fully saturated rings. The number of fused-ring (bicyclic) bond motifs is 1. The summed E-state index contributed by atoms with van der Waals surface area (Å²) in [5.74, 6) is 1.22. The Morgan fingerprint density at radius 3 is 2.42 bits per heavy atom. The van der Waals surface area contributed by atoms with Crippen molar-refractivity contribution in [2.45, 2.75) is 0 Å². The Morgan fingerprint density at radius 2 is 1.77 bits per heavy atom. The monoisotopic (exact) mass is 355 g/mol. The first-order valence-corrected chi connectivity index (χ1v) is 7.69. The first kappa shape index (κ1) is 17.3. The van der Waals surface area contributed by atoms with Gasteiger partial charge in [-0.3, -0.25) is 0 Å². The van der Waals surface area contributed by atoms with Crippen molar-refractivity contribution < 1.29 is 24.1 Å². The third-order valence-corrected chi connectivity index (χ3v) is 3.62. The van der Waals surface area contributed by atoms with E-state index in [-0.39, 0.29) is 6.61 Å². The first-order chi connectivity index (χ1) is 12.6. The van der Waals surface area contributed by atoms with E-state index < -0.39 is 5.97 Å². The number of nitrogens with one attached hydrogen (secondary N) is 1. The molecule has 0 bridgehead atoms. The molecule has 134 valence electrons. The highest BCUT2D eigenvalue weighted by Gasteiger charge is 2.11. The zero-order valence-corrected chi connectivity index (χ0v) is 14.2. The van der Waals surface area contributed by atoms with Gasteiger partial charge in [0.25, 0.3) is 0 Å². The van der Waals surface area contributed by atoms with Gasteiger partial charge in [-0.1, -0.05) is 0 Å². The SMILES string of the molecule is COc1cc2ncnc(Nc3ccc(OCC(=O)O)cc3)c2cc1OC. The van der Waals surface area contributed by atoms with Gasteiger partial charge in [0.1, 0.15) is 17.9 Å². The molecule has 0 aliphatic carbocycles. The van der Waals surface area contributed by atoms with E-state index in [1.165, 1.54) is 6.33 Å². The topological polar surface area (TPSA) is 103 Å². The Hall–Kier alpha value is -3.55. The molecule has 8 heteroatoms. The Labute approximate surface area is 149 Å². The third-order valence-electron chi connectivity index (χ3n) is 3.62. The van der Waals surface area contributed by atoms with E-state index in [1.807, 2.05) is 0 Å². The molecule has 0 amide bonds. The van der Waals surface area contributed by atoms with Gasteiger partial charge in [0, 0.05) is 17.1 Å². The quantitative estimate of drug-likeness (QED) is 0.667. The predicted octanol–water partition coefficient (Wildman–Crippen LogP) is 2.85. The summed E-state index contributed by atoms with van der Waals surface area (Å²) >= 11 is 0. The third kappa shape index (κ3) is 3.75. The van der Waals surface area contributed by atoms with Gasteiger partial charge in [0.2, 0.25) is 0 Å². The van der Waals surface area contributed by atoms with E-state index in [4.69, 9.17) is 19.3 Å². The highest BCUT2D eigenvalue weighted by molar-refractivity contribution is 5.93. The number of hydrogen-bond acceptors (Lipinski definition) is 7. The highest BCUT2D eigenvalue weighted by Crippen LogP contribution is 2.34. The van der Waals surface area contributed by atoms with E-state index in [0.717, 1.165) is 11.1 Å². The Kier molecular flexibility index (Phi) is 5.02. The number of anilines is 2. The number of hydrogen-bond donors (Lipinski definition) is 2. The largest absolute Gasteiger partial charge is 0.493 e. The number of rotatable bonds is 7. The van der Waals surface area contributed by atoms with E-state index in [1.54, 1.807) is 50.6 Å². The Bertz CT molecular complexity index is 928. The second-order valence-electron chi connectivity index (χ2n) is 5.28. The summed E-state index contributed by atoms with van der Waals surface area (Å²) in [6.45, 7) is -0.384. The van der Waals surface area contributed by atoms with Crippen LogP contribution in [0.25, 0.3) is 10.9 Å². The van der Waals surface area contributed by atoms with Gasteiger partial charge in [0.05, 0.1) is 19.7 Å². The predicted molar refractivity (Wildman–Crippen MR) is 95.5 cm³/mol. The molecule has 8 nitrogen and oxygen atoms in total. The molecule has 0 spiro atoms. The average molecular weight is 355 g/mol. The minimum atomic E-state index is -1.02. The molecule has 1 aromatic heterocycles. The van der Waals surface area contributed by atoms with Crippen LogP contribution >= 0.6 is 0 Å². The molecule has 0 unspecified atom stereocenters. The van der Waals surface area contributed by atoms with E-state index in [2.05, 4.69) is 15.3 Å². The lowest BCUT2D eigenvalue weighted by Crippen LogP contribution is -2.09. The van der Waals surface area contributed by atoms with Crippen LogP contribution in [0.2, 0.25) is 0 Å². The lowest BCUT2D eigenvalue weighted by atomic mass is 10.2. The number of aliphatic carboxylic acids is 1. The Balaban J connectivity index is 1.87. The van der Waals surface area contributed by atoms with Crippen molar-refractivity contribution >= 4 is 28.4 Å². The van der Waals surface area contributed by atoms with Gasteiger partial charge < -0.3 is 24.6 Å². The minimum absolute atomic E-state index is 0.384. The second kappa shape index (κ2) is 7.56. The number of aromatic nitrogens is 2. The van der Waals surface area contributed by atoms with Gasteiger partial charge in [-0.15, -0.1) is 0 Å². The second-order valence-corrected chi connectivity index (χ2v) is 5.28. The summed E-state index contributed by atoms with van der Waals surface area (Å²) in [5, 5.41) is 12.6. The zero-order valence-electron chi connectivity index (χ0n) is 14.2. The molecular formula is C18H17N3O5. The molecule has 0 saturated heterocycles. The first-order valence-electron chi connectivity index (χ1n) is 7.69. The number of ether oxygens (including phenoxy) is 3. The fraction of sp³-hybridized carbons (Fsp3) is 0.167. The number of methoxy groups -OCH3 is 2. The van der Waals surface area contributed by atoms with Gasteiger partial charge in [0.15, 0.2) is 18.1 Å². The molecule has 2 aromatic carbocycles. The van der Waals surface area contributed by atoms with Crippen molar-refractivity contribution in [3.63, 3.8) is 0 Å². The summed E-state index contributed by atoms with van der Waals surface area (Å²) in [5.41, 5.74) is 1.48. The summed E-state index contributed by atoms with van der Waals surface area (Å²) in [6, 6.07) is 10.5. The maximum Gasteiger partial charge on any atom is 0.341 e. The van der Waals surface area contributed by atoms with Crippen LogP contribution < -0.4 is 19.5 Å². The molecule has 0 aliphatic rings. The normalized spacial score (nSPS) is 10.4. The number of carboxylic acids is 1. The van der Waals surface area contributed by atoms with Gasteiger partial charge in [-0.05, 0) is 30.3 Å². The molecule has 3 aromatic rings. The standard InChI is InChI=1S/C18H17N3O5/c1-24-15-7-13-14(8-16(15)25-2)19-10-20-18(13)21-11-3-5-12(6-4-11)26-9-17(22)23/h3-8,10H,9H2,1-2H3,(H,22,23)(H,19,20,21). The number of carboxylic acid groups (broad SMARTS) is 1. The number of nitrogens with zero attached hydrogens (tertiary/aromatic N) is 2. The van der Waals surface area contributed by atoms with Crippen LogP contribution in [-0.2, 0) is 4.79 Å². The maximum atomic E-state index is 10.5. The van der Waals surface area contributed by atoms with Gasteiger partial charge in [-0.25, -0.2) is 14.8 Å². The summed E-state index contributed by atoms with van der Waals surface area (Å²) in [6.07, 6.45) is 1.46. The maximum absolute atomic E-state index is 10.5. The molecule has 0 saturated carbocycles. The smallest absolute Gasteiger partial charge is 0.341 e. The lowest BCUT2D eigenvalue weighted by molar-refractivity contribution is -0.139. The van der Waals surface area contributed by atoms with Crippen LogP contribution in [0.15, 0.2) is 42.7 Å². The summed E-state index contributed by atoms with van der Waals surface area (Å²) in [4.78, 5) is 19.1. The molecule has 0 atom stereocenters. The lowest BCUT2D eigenvalue weighted by Gasteiger charge is -2.12. The molecular weight excluding hydrogens is 338 g/mol. The van der Waals surface area contributed by atoms with Gasteiger partial charge >= 0.3 is 5.97 Å². The fourth-order valence-electron chi connectivity index (χ4n) is 2.40. The van der Waals surface area contributed by atoms with E-state index in [9.17, 15) is 4.79 Å². The molecule has 0 aliphatic heterocycles. The van der Waals surface area contributed by atoms with E-state index >= 15 is 0 Å². The van der Waals surface area contributed by atoms with Crippen LogP contribution in [-0.4, -0.2) is 41.9 Å². The van der Waals surface area contributed by atoms with Crippen molar-refractivity contribution in [3.8, 4) is 17.2 Å². The van der Waals surface area contributed by atoms with Crippen molar-refractivity contribution in [1.29, 1.82) is 0 Å². The Morgan fingerprint density at radius 1 is 1.08 bits per heavy atom. The van der Waals surface area contributed by atoms with Crippen molar-refractivity contribution in [2.24, 2.45) is 0 Å². The van der Waals surface area contributed by atoms with E-state index in [0.29, 0.717) is 28.6 Å². The zero-order chi connectivity index (χ0) is 18.5. The summed E-state index contributed by atoms with van der Waals surface area (Å²) < 4.78 is 15.7. The molecule has 1 heterocycles. The van der Waals surface area contributed by atoms with Crippen molar-refractivity contribution in [2.75, 3.05) is 26.1 Å². The fourth-order valence-corrected chi connectivity index (χ4v) is 2.40. The number of carbonyl (C=O) groups is 1. The molecule has 2 N–H and O–H groups in total. The average Bonchev–Trinajstić information content (AvgIpc) is 2.66. The minimum Gasteiger partial charge on any atom is -0.493 e. The molecule has 0 radical (unpaired) electrons. The van der Waals surface area contributed by atoms with Crippen LogP contribution in [0.4, 0.5) is 11.5 Å². The summed E-state index contributed by atoms with van der Waals surface area (Å²) in [7, 11) is 3.13. The van der Waals surface area contributed by atoms with Crippen LogP contribution in [0.1, 0.15) is 0 Å². The molecule has 26 heavy (non-hydrogen) atoms.